The van der Waals surface area contributed by atoms with Crippen molar-refractivity contribution in [1.82, 2.24) is 39.3 Å². The molecule has 0 spiro atoms. The lowest BCUT2D eigenvalue weighted by Gasteiger charge is -2.29. The molecule has 5 aromatic heterocycles. The summed E-state index contributed by atoms with van der Waals surface area (Å²) in [6, 6.07) is 6.47. The lowest BCUT2D eigenvalue weighted by atomic mass is 10.0. The minimum absolute atomic E-state index is 0.0422. The highest BCUT2D eigenvalue weighted by molar-refractivity contribution is 5.99. The lowest BCUT2D eigenvalue weighted by Crippen LogP contribution is -2.45. The minimum Gasteiger partial charge on any atom is -0.344 e. The fraction of sp³-hybridized carbons (Fsp3) is 0.394. The SMILES string of the molecule is C[C@H]1NC(=O)c2c(F)cncc2CCCCCn2c(-c3nc4cc5c(nc4n3C)CCN(C[C@H](N)CF)C5=O)cc3ccc1nc32. The van der Waals surface area contributed by atoms with Crippen molar-refractivity contribution in [3.63, 3.8) is 0 Å². The number of halogens is 2. The number of fused-ring (bicyclic) bond motifs is 4. The number of carbonyl (C=O) groups excluding carboxylic acids is 2. The Morgan fingerprint density at radius 1 is 1.04 bits per heavy atom. The highest BCUT2D eigenvalue weighted by Crippen LogP contribution is 2.32. The summed E-state index contributed by atoms with van der Waals surface area (Å²) >= 11 is 0. The van der Waals surface area contributed by atoms with Crippen LogP contribution >= 0.6 is 0 Å². The maximum atomic E-state index is 14.7. The van der Waals surface area contributed by atoms with Crippen molar-refractivity contribution in [2.75, 3.05) is 19.8 Å². The molecule has 2 bridgehead atoms. The molecule has 7 heterocycles. The van der Waals surface area contributed by atoms with Crippen molar-refractivity contribution >= 4 is 34.0 Å². The van der Waals surface area contributed by atoms with Crippen LogP contribution in [0.25, 0.3) is 33.7 Å². The zero-order chi connectivity index (χ0) is 32.1. The van der Waals surface area contributed by atoms with Crippen molar-refractivity contribution in [2.24, 2.45) is 12.8 Å². The van der Waals surface area contributed by atoms with Crippen molar-refractivity contribution < 1.29 is 18.4 Å². The third-order valence-electron chi connectivity index (χ3n) is 9.03. The van der Waals surface area contributed by atoms with E-state index in [-0.39, 0.29) is 18.0 Å². The minimum atomic E-state index is -0.724. The first-order valence-corrected chi connectivity index (χ1v) is 15.6. The van der Waals surface area contributed by atoms with E-state index < -0.39 is 30.5 Å². The monoisotopic (exact) mass is 627 g/mol. The number of hydrogen-bond donors (Lipinski definition) is 2. The zero-order valence-electron chi connectivity index (χ0n) is 25.8. The van der Waals surface area contributed by atoms with E-state index in [1.54, 1.807) is 17.2 Å². The van der Waals surface area contributed by atoms with Crippen LogP contribution < -0.4 is 11.1 Å². The molecule has 5 aromatic rings. The molecule has 2 amide bonds. The largest absolute Gasteiger partial charge is 0.344 e. The van der Waals surface area contributed by atoms with Crippen LogP contribution in [0, 0.1) is 5.82 Å². The summed E-state index contributed by atoms with van der Waals surface area (Å²) in [5.41, 5.74) is 11.1. The maximum absolute atomic E-state index is 14.7. The van der Waals surface area contributed by atoms with Crippen LogP contribution in [0.15, 0.2) is 36.7 Å². The predicted octanol–water partition coefficient (Wildman–Crippen LogP) is 4.03. The van der Waals surface area contributed by atoms with E-state index >= 15 is 0 Å². The van der Waals surface area contributed by atoms with Gasteiger partial charge in [0.2, 0.25) is 0 Å². The van der Waals surface area contributed by atoms with E-state index in [1.807, 2.05) is 30.7 Å². The van der Waals surface area contributed by atoms with Gasteiger partial charge in [0.25, 0.3) is 11.8 Å². The van der Waals surface area contributed by atoms with E-state index in [0.717, 1.165) is 42.2 Å². The van der Waals surface area contributed by atoms with Crippen molar-refractivity contribution in [3.05, 3.63) is 70.6 Å². The van der Waals surface area contributed by atoms with Gasteiger partial charge in [-0.25, -0.2) is 23.7 Å². The van der Waals surface area contributed by atoms with Crippen LogP contribution in [-0.4, -0.2) is 71.6 Å². The third kappa shape index (κ3) is 5.17. The van der Waals surface area contributed by atoms with Gasteiger partial charge in [0.15, 0.2) is 17.3 Å². The first kappa shape index (κ1) is 29.9. The summed E-state index contributed by atoms with van der Waals surface area (Å²) < 4.78 is 31.9. The number of alkyl halides is 1. The number of hydrogen-bond acceptors (Lipinski definition) is 7. The van der Waals surface area contributed by atoms with Crippen LogP contribution in [0.1, 0.15) is 69.9 Å². The van der Waals surface area contributed by atoms with Gasteiger partial charge in [0.1, 0.15) is 17.8 Å². The number of amides is 2. The summed E-state index contributed by atoms with van der Waals surface area (Å²) in [5.74, 6) is -0.643. The Morgan fingerprint density at radius 3 is 2.72 bits per heavy atom. The molecule has 2 atom stereocenters. The summed E-state index contributed by atoms with van der Waals surface area (Å²) in [7, 11) is 1.91. The second-order valence-electron chi connectivity index (χ2n) is 12.2. The lowest BCUT2D eigenvalue weighted by molar-refractivity contribution is 0.0723. The Kier molecular flexibility index (Phi) is 7.71. The molecule has 0 radical (unpaired) electrons. The molecular formula is C33H35F2N9O2. The fourth-order valence-corrected chi connectivity index (χ4v) is 6.59. The van der Waals surface area contributed by atoms with Crippen LogP contribution in [0.4, 0.5) is 8.78 Å². The molecule has 11 nitrogen and oxygen atoms in total. The second kappa shape index (κ2) is 11.9. The molecule has 0 saturated carbocycles. The average Bonchev–Trinajstić information content (AvgIpc) is 3.56. The molecule has 0 aliphatic carbocycles. The van der Waals surface area contributed by atoms with Crippen LogP contribution in [0.2, 0.25) is 0 Å². The van der Waals surface area contributed by atoms with E-state index in [1.165, 1.54) is 0 Å². The van der Waals surface area contributed by atoms with Gasteiger partial charge in [0.05, 0.1) is 46.5 Å². The molecule has 0 saturated heterocycles. The quantitative estimate of drug-likeness (QED) is 0.307. The number of nitrogens with two attached hydrogens (primary N) is 1. The average molecular weight is 628 g/mol. The van der Waals surface area contributed by atoms with Gasteiger partial charge >= 0.3 is 0 Å². The fourth-order valence-electron chi connectivity index (χ4n) is 6.59. The van der Waals surface area contributed by atoms with E-state index in [0.29, 0.717) is 65.4 Å². The smallest absolute Gasteiger partial charge is 0.255 e. The van der Waals surface area contributed by atoms with Crippen LogP contribution in [0.3, 0.4) is 0 Å². The molecule has 3 N–H and O–H groups in total. The number of nitrogens with one attached hydrogen (secondary N) is 1. The van der Waals surface area contributed by atoms with E-state index in [4.69, 9.17) is 20.7 Å². The number of carbonyl (C=O) groups is 2. The Bertz CT molecular complexity index is 2000. The van der Waals surface area contributed by atoms with Gasteiger partial charge < -0.3 is 25.1 Å². The number of aryl methyl sites for hydroxylation is 3. The summed E-state index contributed by atoms with van der Waals surface area (Å²) in [4.78, 5) is 46.9. The first-order chi connectivity index (χ1) is 22.2. The third-order valence-corrected chi connectivity index (χ3v) is 9.03. The van der Waals surface area contributed by atoms with Crippen LogP contribution in [-0.2, 0) is 26.4 Å². The summed E-state index contributed by atoms with van der Waals surface area (Å²) in [6.45, 7) is 2.39. The first-order valence-electron chi connectivity index (χ1n) is 15.6. The number of nitrogens with zero attached hydrogens (tertiary/aromatic N) is 7. The van der Waals surface area contributed by atoms with Gasteiger partial charge in [-0.2, -0.15) is 0 Å². The van der Waals surface area contributed by atoms with Gasteiger partial charge in [-0.15, -0.1) is 0 Å². The summed E-state index contributed by atoms with van der Waals surface area (Å²) in [6.07, 6.45) is 6.16. The molecular weight excluding hydrogens is 592 g/mol. The number of imidazole rings is 1. The van der Waals surface area contributed by atoms with Gasteiger partial charge in [-0.05, 0) is 56.0 Å². The second-order valence-corrected chi connectivity index (χ2v) is 12.2. The Hall–Kier alpha value is -4.78. The molecule has 2 aliphatic rings. The van der Waals surface area contributed by atoms with Gasteiger partial charge in [0, 0.05) is 44.7 Å². The molecule has 0 aromatic carbocycles. The Labute approximate surface area is 263 Å². The normalized spacial score (nSPS) is 18.0. The highest BCUT2D eigenvalue weighted by Gasteiger charge is 2.29. The molecule has 13 heteroatoms. The van der Waals surface area contributed by atoms with E-state index in [2.05, 4.69) is 20.9 Å². The predicted molar refractivity (Wildman–Crippen MR) is 168 cm³/mol. The standard InChI is InChI=1S/C33H35F2N9O2/c1-18-24-8-7-19-12-27(44(29(19)39-24)10-5-3-4-6-20-15-37-16-23(35)28(20)32(45)38-18)31-41-26-13-22-25(40-30(26)42(31)2)9-11-43(33(22)46)17-21(36)14-34/h7-8,12-13,15-16,18,21H,3-6,9-11,14,17,36H2,1-2H3,(H,38,45)/t18-,21-/m1/s1. The topological polar surface area (TPSA) is 137 Å². The molecule has 7 rings (SSSR count). The van der Waals surface area contributed by atoms with Crippen LogP contribution in [0.5, 0.6) is 0 Å². The molecule has 0 unspecified atom stereocenters. The van der Waals surface area contributed by atoms with Crippen molar-refractivity contribution in [3.8, 4) is 11.5 Å². The number of pyridine rings is 3. The number of aromatic nitrogens is 6. The highest BCUT2D eigenvalue weighted by atomic mass is 19.1. The molecule has 238 valence electrons. The van der Waals surface area contributed by atoms with E-state index in [9.17, 15) is 18.4 Å². The molecule has 0 fully saturated rings. The number of rotatable bonds is 4. The summed E-state index contributed by atoms with van der Waals surface area (Å²) in [5, 5.41) is 3.84. The van der Waals surface area contributed by atoms with Gasteiger partial charge in [-0.1, -0.05) is 6.42 Å². The maximum Gasteiger partial charge on any atom is 0.255 e. The van der Waals surface area contributed by atoms with Crippen molar-refractivity contribution in [2.45, 2.75) is 57.7 Å². The Balaban J connectivity index is 1.28. The molecule has 46 heavy (non-hydrogen) atoms. The Morgan fingerprint density at radius 2 is 1.89 bits per heavy atom. The molecule has 2 aliphatic heterocycles. The van der Waals surface area contributed by atoms with Gasteiger partial charge in [-0.3, -0.25) is 14.6 Å². The zero-order valence-corrected chi connectivity index (χ0v) is 25.8. The van der Waals surface area contributed by atoms with Crippen molar-refractivity contribution in [1.29, 1.82) is 0 Å².